The highest BCUT2D eigenvalue weighted by molar-refractivity contribution is 5.83. The second kappa shape index (κ2) is 8.29. The number of aryl methyl sites for hydroxylation is 1. The van der Waals surface area contributed by atoms with Crippen molar-refractivity contribution >= 4 is 11.7 Å². The lowest BCUT2D eigenvalue weighted by Crippen LogP contribution is -2.44. The third-order valence-corrected chi connectivity index (χ3v) is 4.71. The maximum Gasteiger partial charge on any atom is 0.242 e. The highest BCUT2D eigenvalue weighted by Gasteiger charge is 2.20. The number of nitrogens with one attached hydrogen (secondary N) is 2. The summed E-state index contributed by atoms with van der Waals surface area (Å²) in [5.41, 5.74) is 1.83. The number of likely N-dealkylation sites (N-methyl/N-ethyl adjacent to an activating group) is 2. The molecule has 0 spiro atoms. The Bertz CT molecular complexity index is 719. The molecule has 140 valence electrons. The van der Waals surface area contributed by atoms with Crippen LogP contribution in [0.2, 0.25) is 0 Å². The molecule has 1 unspecified atom stereocenters. The first-order valence-electron chi connectivity index (χ1n) is 8.89. The molecule has 0 aliphatic carbocycles. The molecule has 26 heavy (non-hydrogen) atoms. The zero-order valence-electron chi connectivity index (χ0n) is 15.6. The number of hydrogen-bond acceptors (Lipinski definition) is 6. The van der Waals surface area contributed by atoms with E-state index in [1.807, 2.05) is 31.6 Å². The lowest BCUT2D eigenvalue weighted by atomic mass is 10.1. The smallest absolute Gasteiger partial charge is 0.242 e. The van der Waals surface area contributed by atoms with Crippen LogP contribution in [0.4, 0.5) is 5.82 Å². The molecule has 1 aliphatic heterocycles. The maximum atomic E-state index is 12.5. The number of anilines is 1. The molecule has 1 saturated heterocycles. The molecule has 1 amide bonds. The first kappa shape index (κ1) is 18.3. The van der Waals surface area contributed by atoms with Crippen LogP contribution in [-0.4, -0.2) is 65.8 Å². The number of nitrogens with zero attached hydrogens (tertiary/aromatic N) is 5. The lowest BCUT2D eigenvalue weighted by molar-refractivity contribution is -0.123. The molecule has 0 radical (unpaired) electrons. The first-order valence-corrected chi connectivity index (χ1v) is 8.89. The number of rotatable bonds is 6. The van der Waals surface area contributed by atoms with Gasteiger partial charge < -0.3 is 20.4 Å². The van der Waals surface area contributed by atoms with Crippen LogP contribution in [0, 0.1) is 0 Å². The van der Waals surface area contributed by atoms with Crippen molar-refractivity contribution in [2.45, 2.75) is 12.6 Å². The summed E-state index contributed by atoms with van der Waals surface area (Å²) in [6.07, 6.45) is 5.38. The zero-order chi connectivity index (χ0) is 18.5. The predicted octanol–water partition coefficient (Wildman–Crippen LogP) is 0.144. The molecule has 8 nitrogen and oxygen atoms in total. The van der Waals surface area contributed by atoms with Gasteiger partial charge >= 0.3 is 0 Å². The van der Waals surface area contributed by atoms with E-state index in [0.717, 1.165) is 43.1 Å². The standard InChI is InChI=1S/C18H27N7O/c1-19-17(15-12-22-24(3)13-15)18(26)21-11-14-4-5-16(20-10-14)25-8-6-23(2)7-9-25/h4-5,10,12-13,17,19H,6-9,11H2,1-3H3,(H,21,26). The van der Waals surface area contributed by atoms with Gasteiger partial charge in [-0.15, -0.1) is 0 Å². The minimum atomic E-state index is -0.415. The van der Waals surface area contributed by atoms with E-state index in [4.69, 9.17) is 0 Å². The molecule has 0 bridgehead atoms. The van der Waals surface area contributed by atoms with Crippen LogP contribution in [0.25, 0.3) is 0 Å². The second-order valence-corrected chi connectivity index (χ2v) is 6.70. The summed E-state index contributed by atoms with van der Waals surface area (Å²) < 4.78 is 1.69. The summed E-state index contributed by atoms with van der Waals surface area (Å²) in [6.45, 7) is 4.55. The van der Waals surface area contributed by atoms with Crippen LogP contribution in [0.1, 0.15) is 17.2 Å². The van der Waals surface area contributed by atoms with Gasteiger partial charge in [-0.2, -0.15) is 5.10 Å². The molecule has 3 heterocycles. The molecule has 2 N–H and O–H groups in total. The van der Waals surface area contributed by atoms with Gasteiger partial charge in [-0.1, -0.05) is 6.07 Å². The molecule has 1 aliphatic rings. The molecule has 1 atom stereocenters. The van der Waals surface area contributed by atoms with Gasteiger partial charge in [-0.05, 0) is 25.7 Å². The Morgan fingerprint density at radius 2 is 1.96 bits per heavy atom. The highest BCUT2D eigenvalue weighted by Crippen LogP contribution is 2.14. The predicted molar refractivity (Wildman–Crippen MR) is 101 cm³/mol. The van der Waals surface area contributed by atoms with Crippen molar-refractivity contribution in [3.8, 4) is 0 Å². The fourth-order valence-electron chi connectivity index (χ4n) is 3.07. The Hall–Kier alpha value is -2.45. The molecule has 1 fully saturated rings. The van der Waals surface area contributed by atoms with Gasteiger partial charge in [0.05, 0.1) is 6.20 Å². The quantitative estimate of drug-likeness (QED) is 0.766. The average Bonchev–Trinajstić information content (AvgIpc) is 3.08. The summed E-state index contributed by atoms with van der Waals surface area (Å²) in [5, 5.41) is 10.1. The van der Waals surface area contributed by atoms with Crippen LogP contribution < -0.4 is 15.5 Å². The molecule has 2 aromatic heterocycles. The van der Waals surface area contributed by atoms with E-state index < -0.39 is 6.04 Å². The first-order chi connectivity index (χ1) is 12.6. The van der Waals surface area contributed by atoms with E-state index in [0.29, 0.717) is 6.54 Å². The number of carbonyl (C=O) groups excluding carboxylic acids is 1. The van der Waals surface area contributed by atoms with E-state index in [9.17, 15) is 4.79 Å². The van der Waals surface area contributed by atoms with Crippen molar-refractivity contribution in [3.63, 3.8) is 0 Å². The summed E-state index contributed by atoms with van der Waals surface area (Å²) in [6, 6.07) is 3.64. The number of piperazine rings is 1. The fourth-order valence-corrected chi connectivity index (χ4v) is 3.07. The van der Waals surface area contributed by atoms with Crippen molar-refractivity contribution in [2.75, 3.05) is 45.2 Å². The van der Waals surface area contributed by atoms with Gasteiger partial charge in [0, 0.05) is 57.7 Å². The normalized spacial score (nSPS) is 16.5. The Kier molecular flexibility index (Phi) is 5.85. The van der Waals surface area contributed by atoms with Gasteiger partial charge in [0.2, 0.25) is 5.91 Å². The van der Waals surface area contributed by atoms with E-state index in [2.05, 4.69) is 37.6 Å². The van der Waals surface area contributed by atoms with E-state index in [1.54, 1.807) is 17.9 Å². The number of aromatic nitrogens is 3. The molecule has 2 aromatic rings. The lowest BCUT2D eigenvalue weighted by Gasteiger charge is -2.33. The maximum absolute atomic E-state index is 12.5. The van der Waals surface area contributed by atoms with E-state index >= 15 is 0 Å². The van der Waals surface area contributed by atoms with Gasteiger partial charge in [0.1, 0.15) is 11.9 Å². The Morgan fingerprint density at radius 3 is 2.54 bits per heavy atom. The van der Waals surface area contributed by atoms with E-state index in [-0.39, 0.29) is 5.91 Å². The monoisotopic (exact) mass is 357 g/mol. The van der Waals surface area contributed by atoms with Crippen LogP contribution in [0.15, 0.2) is 30.7 Å². The zero-order valence-corrected chi connectivity index (χ0v) is 15.6. The van der Waals surface area contributed by atoms with Gasteiger partial charge in [0.25, 0.3) is 0 Å². The largest absolute Gasteiger partial charge is 0.354 e. The van der Waals surface area contributed by atoms with Crippen LogP contribution in [-0.2, 0) is 18.4 Å². The van der Waals surface area contributed by atoms with Gasteiger partial charge in [-0.3, -0.25) is 9.48 Å². The van der Waals surface area contributed by atoms with Crippen molar-refractivity contribution in [1.29, 1.82) is 0 Å². The van der Waals surface area contributed by atoms with Crippen molar-refractivity contribution < 1.29 is 4.79 Å². The molecule has 3 rings (SSSR count). The summed E-state index contributed by atoms with van der Waals surface area (Å²) >= 11 is 0. The molecule has 0 saturated carbocycles. The Balaban J connectivity index is 1.55. The minimum Gasteiger partial charge on any atom is -0.354 e. The van der Waals surface area contributed by atoms with Crippen LogP contribution in [0.3, 0.4) is 0 Å². The molecule has 8 heteroatoms. The van der Waals surface area contributed by atoms with Crippen molar-refractivity contribution in [3.05, 3.63) is 41.9 Å². The third-order valence-electron chi connectivity index (χ3n) is 4.71. The van der Waals surface area contributed by atoms with Gasteiger partial charge in [0.15, 0.2) is 0 Å². The molecular formula is C18H27N7O. The van der Waals surface area contributed by atoms with E-state index in [1.165, 1.54) is 0 Å². The second-order valence-electron chi connectivity index (χ2n) is 6.70. The van der Waals surface area contributed by atoms with Gasteiger partial charge in [-0.25, -0.2) is 4.98 Å². The summed E-state index contributed by atoms with van der Waals surface area (Å²) in [7, 11) is 5.74. The third kappa shape index (κ3) is 4.39. The SMILES string of the molecule is CNC(C(=O)NCc1ccc(N2CCN(C)CC2)nc1)c1cnn(C)c1. The number of hydrogen-bond donors (Lipinski definition) is 2. The number of amides is 1. The summed E-state index contributed by atoms with van der Waals surface area (Å²) in [5.74, 6) is 0.917. The minimum absolute atomic E-state index is 0.0800. The van der Waals surface area contributed by atoms with Crippen molar-refractivity contribution in [2.24, 2.45) is 7.05 Å². The van der Waals surface area contributed by atoms with Crippen molar-refractivity contribution in [1.82, 2.24) is 30.3 Å². The molecular weight excluding hydrogens is 330 g/mol. The highest BCUT2D eigenvalue weighted by atomic mass is 16.2. The average molecular weight is 357 g/mol. The van der Waals surface area contributed by atoms with Crippen LogP contribution >= 0.6 is 0 Å². The number of pyridine rings is 1. The fraction of sp³-hybridized carbons (Fsp3) is 0.500. The Labute approximate surface area is 154 Å². The van der Waals surface area contributed by atoms with Crippen LogP contribution in [0.5, 0.6) is 0 Å². The topological polar surface area (TPSA) is 78.3 Å². The Morgan fingerprint density at radius 1 is 1.19 bits per heavy atom. The molecule has 0 aromatic carbocycles. The number of carbonyl (C=O) groups is 1. The summed E-state index contributed by atoms with van der Waals surface area (Å²) in [4.78, 5) is 21.6.